The van der Waals surface area contributed by atoms with Crippen LogP contribution in [0.1, 0.15) is 78.6 Å². The van der Waals surface area contributed by atoms with E-state index in [1.165, 1.54) is 52.1 Å². The van der Waals surface area contributed by atoms with Gasteiger partial charge in [0, 0.05) is 18.6 Å². The normalized spacial score (nSPS) is 41.5. The van der Waals surface area contributed by atoms with Crippen LogP contribution in [0, 0.1) is 46.3 Å². The highest BCUT2D eigenvalue weighted by Gasteiger charge is 2.67. The summed E-state index contributed by atoms with van der Waals surface area (Å²) in [6, 6.07) is 0. The minimum absolute atomic E-state index is 0.0799. The van der Waals surface area contributed by atoms with Crippen molar-refractivity contribution in [1.82, 2.24) is 0 Å². The molecule has 8 heteroatoms. The molecule has 4 aliphatic carbocycles. The predicted octanol–water partition coefficient (Wildman–Crippen LogP) is 9.11. The Kier molecular flexibility index (Phi) is 10.2. The van der Waals surface area contributed by atoms with E-state index >= 15 is 0 Å². The first-order valence-electron chi connectivity index (χ1n) is 17.3. The summed E-state index contributed by atoms with van der Waals surface area (Å²) in [5, 5.41) is 0. The van der Waals surface area contributed by atoms with Crippen molar-refractivity contribution >= 4 is 30.9 Å². The van der Waals surface area contributed by atoms with Gasteiger partial charge in [0.05, 0.1) is 13.2 Å². The zero-order valence-corrected chi connectivity index (χ0v) is 32.6. The van der Waals surface area contributed by atoms with Crippen molar-refractivity contribution in [2.45, 2.75) is 156 Å². The van der Waals surface area contributed by atoms with Crippen molar-refractivity contribution in [2.24, 2.45) is 46.3 Å². The lowest BCUT2D eigenvalue weighted by Crippen LogP contribution is -2.64. The molecule has 0 N–H and O–H groups in total. The zero-order valence-electron chi connectivity index (χ0n) is 29.6. The molecular formula is C34H66O5Si3. The standard InChI is InChI=1S/C34H66O5Si3/c1-23(14-17-31(35)36-4)26-15-16-27-32-28(22-30(34(26,27)3)39-42(11,12)13)33(2)19-18-25(37-40(5,6)7)20-24(33)21-29(32)38-41(8,9)10/h23-30,32H,14-22H2,1-13H3/t23-,24+,25-,26-,27+,28+,29-,30+,32+,33+,34-/m1/s1. The lowest BCUT2D eigenvalue weighted by molar-refractivity contribution is -0.199. The largest absolute Gasteiger partial charge is 0.469 e. The van der Waals surface area contributed by atoms with E-state index in [2.05, 4.69) is 79.7 Å². The van der Waals surface area contributed by atoms with Crippen molar-refractivity contribution < 1.29 is 22.8 Å². The van der Waals surface area contributed by atoms with Gasteiger partial charge in [-0.1, -0.05) is 20.8 Å². The van der Waals surface area contributed by atoms with Crippen molar-refractivity contribution in [3.8, 4) is 0 Å². The average molecular weight is 639 g/mol. The van der Waals surface area contributed by atoms with Gasteiger partial charge in [-0.25, -0.2) is 0 Å². The number of hydrogen-bond donors (Lipinski definition) is 0. The molecule has 0 bridgehead atoms. The Labute approximate surface area is 262 Å². The maximum Gasteiger partial charge on any atom is 0.305 e. The Balaban J connectivity index is 1.72. The van der Waals surface area contributed by atoms with Gasteiger partial charge in [0.15, 0.2) is 25.0 Å². The molecule has 0 saturated heterocycles. The summed E-state index contributed by atoms with van der Waals surface area (Å²) in [5.41, 5.74) is 0.430. The van der Waals surface area contributed by atoms with Crippen LogP contribution in [-0.2, 0) is 22.8 Å². The molecule has 4 rings (SSSR count). The topological polar surface area (TPSA) is 54.0 Å². The van der Waals surface area contributed by atoms with E-state index in [0.717, 1.165) is 6.42 Å². The zero-order chi connectivity index (χ0) is 31.5. The molecule has 0 aromatic heterocycles. The molecule has 0 spiro atoms. The van der Waals surface area contributed by atoms with Gasteiger partial charge < -0.3 is 18.0 Å². The maximum atomic E-state index is 12.1. The fourth-order valence-corrected chi connectivity index (χ4v) is 14.1. The Bertz CT molecular complexity index is 954. The van der Waals surface area contributed by atoms with E-state index in [1.54, 1.807) is 0 Å². The second-order valence-electron chi connectivity index (χ2n) is 18.2. The average Bonchev–Trinajstić information content (AvgIpc) is 3.19. The van der Waals surface area contributed by atoms with E-state index in [0.29, 0.717) is 59.6 Å². The molecule has 0 heterocycles. The summed E-state index contributed by atoms with van der Waals surface area (Å²) < 4.78 is 26.4. The number of ether oxygens (including phenoxy) is 1. The molecular weight excluding hydrogens is 573 g/mol. The lowest BCUT2D eigenvalue weighted by atomic mass is 9.43. The number of hydrogen-bond acceptors (Lipinski definition) is 5. The first-order valence-corrected chi connectivity index (χ1v) is 27.5. The van der Waals surface area contributed by atoms with Gasteiger partial charge in [-0.3, -0.25) is 4.79 Å². The molecule has 4 fully saturated rings. The van der Waals surface area contributed by atoms with Crippen LogP contribution in [-0.4, -0.2) is 56.3 Å². The quantitative estimate of drug-likeness (QED) is 0.176. The Morgan fingerprint density at radius 1 is 0.810 bits per heavy atom. The van der Waals surface area contributed by atoms with E-state index in [4.69, 9.17) is 18.0 Å². The number of fused-ring (bicyclic) bond motifs is 5. The van der Waals surface area contributed by atoms with E-state index in [-0.39, 0.29) is 17.5 Å². The Hall–Kier alpha value is 0.000649. The van der Waals surface area contributed by atoms with Gasteiger partial charge in [0.1, 0.15) is 0 Å². The minimum atomic E-state index is -1.79. The fraction of sp³-hybridized carbons (Fsp3) is 0.971. The smallest absolute Gasteiger partial charge is 0.305 e. The van der Waals surface area contributed by atoms with Gasteiger partial charge >= 0.3 is 5.97 Å². The third-order valence-electron chi connectivity index (χ3n) is 12.0. The molecule has 0 radical (unpaired) electrons. The molecule has 11 atom stereocenters. The monoisotopic (exact) mass is 638 g/mol. The van der Waals surface area contributed by atoms with E-state index in [1.807, 2.05) is 0 Å². The molecule has 42 heavy (non-hydrogen) atoms. The Morgan fingerprint density at radius 3 is 2.00 bits per heavy atom. The van der Waals surface area contributed by atoms with Crippen LogP contribution in [0.3, 0.4) is 0 Å². The maximum absolute atomic E-state index is 12.1. The fourth-order valence-electron chi connectivity index (χ4n) is 10.5. The summed E-state index contributed by atoms with van der Waals surface area (Å²) in [6.07, 6.45) is 11.0. The van der Waals surface area contributed by atoms with Gasteiger partial charge in [0.2, 0.25) is 0 Å². The van der Waals surface area contributed by atoms with Crippen molar-refractivity contribution in [3.05, 3.63) is 0 Å². The van der Waals surface area contributed by atoms with Crippen molar-refractivity contribution in [3.63, 3.8) is 0 Å². The van der Waals surface area contributed by atoms with Crippen molar-refractivity contribution in [1.29, 1.82) is 0 Å². The van der Waals surface area contributed by atoms with E-state index < -0.39 is 25.0 Å². The summed E-state index contributed by atoms with van der Waals surface area (Å²) in [5.74, 6) is 3.45. The highest BCUT2D eigenvalue weighted by Crippen LogP contribution is 2.69. The first kappa shape index (κ1) is 34.9. The van der Waals surface area contributed by atoms with Gasteiger partial charge in [-0.2, -0.15) is 0 Å². The van der Waals surface area contributed by atoms with Crippen LogP contribution in [0.25, 0.3) is 0 Å². The molecule has 4 aliphatic rings. The summed E-state index contributed by atoms with van der Waals surface area (Å²) in [4.78, 5) is 12.1. The molecule has 4 saturated carbocycles. The minimum Gasteiger partial charge on any atom is -0.469 e. The highest BCUT2D eigenvalue weighted by atomic mass is 28.4. The molecule has 244 valence electrons. The van der Waals surface area contributed by atoms with Gasteiger partial charge in [-0.15, -0.1) is 0 Å². The molecule has 0 aromatic carbocycles. The molecule has 0 aromatic rings. The van der Waals surface area contributed by atoms with Crippen LogP contribution in [0.4, 0.5) is 0 Å². The molecule has 0 unspecified atom stereocenters. The SMILES string of the molecule is COC(=O)CC[C@@H](C)[C@H]1CC[C@H]2[C@@H]3[C@H](O[Si](C)(C)C)C[C@@H]4C[C@H](O[Si](C)(C)C)CC[C@]4(C)[C@H]3C[C@H](O[Si](C)(C)C)[C@]12C. The third kappa shape index (κ3) is 7.35. The second-order valence-corrected chi connectivity index (χ2v) is 31.6. The van der Waals surface area contributed by atoms with Gasteiger partial charge in [0.25, 0.3) is 0 Å². The van der Waals surface area contributed by atoms with Crippen LogP contribution in [0.5, 0.6) is 0 Å². The predicted molar refractivity (Wildman–Crippen MR) is 181 cm³/mol. The van der Waals surface area contributed by atoms with E-state index in [9.17, 15) is 4.79 Å². The van der Waals surface area contributed by atoms with Crippen molar-refractivity contribution in [2.75, 3.05) is 7.11 Å². The number of methoxy groups -OCH3 is 1. The second kappa shape index (κ2) is 12.3. The molecule has 0 amide bonds. The molecule has 5 nitrogen and oxygen atoms in total. The first-order chi connectivity index (χ1) is 19.2. The van der Waals surface area contributed by atoms with Crippen LogP contribution < -0.4 is 0 Å². The number of carbonyl (C=O) groups is 1. The number of carbonyl (C=O) groups excluding carboxylic acids is 1. The number of rotatable bonds is 10. The summed E-state index contributed by atoms with van der Waals surface area (Å²) in [7, 11) is -3.61. The lowest BCUT2D eigenvalue weighted by Gasteiger charge is -2.66. The van der Waals surface area contributed by atoms with Gasteiger partial charge in [-0.05, 0) is 157 Å². The van der Waals surface area contributed by atoms with Crippen LogP contribution >= 0.6 is 0 Å². The summed E-state index contributed by atoms with van der Waals surface area (Å²) >= 11 is 0. The third-order valence-corrected chi connectivity index (χ3v) is 15.0. The Morgan fingerprint density at radius 2 is 1.43 bits per heavy atom. The molecule has 0 aliphatic heterocycles. The summed E-state index contributed by atoms with van der Waals surface area (Å²) in [6.45, 7) is 29.0. The van der Waals surface area contributed by atoms with Crippen LogP contribution in [0.15, 0.2) is 0 Å². The highest BCUT2D eigenvalue weighted by molar-refractivity contribution is 6.70. The van der Waals surface area contributed by atoms with Crippen LogP contribution in [0.2, 0.25) is 58.9 Å². The number of esters is 1.